The van der Waals surface area contributed by atoms with Crippen LogP contribution in [0.2, 0.25) is 0 Å². The Morgan fingerprint density at radius 3 is 3.10 bits per heavy atom. The maximum absolute atomic E-state index is 12.0. The van der Waals surface area contributed by atoms with Crippen molar-refractivity contribution >= 4 is 17.8 Å². The first-order valence-electron chi connectivity index (χ1n) is 7.68. The van der Waals surface area contributed by atoms with Gasteiger partial charge in [0.25, 0.3) is 0 Å². The van der Waals surface area contributed by atoms with Crippen LogP contribution in [0.5, 0.6) is 0 Å². The fourth-order valence-corrected chi connectivity index (χ4v) is 3.94. The summed E-state index contributed by atoms with van der Waals surface area (Å²) < 4.78 is 1.72. The molecule has 0 saturated heterocycles. The van der Waals surface area contributed by atoms with Crippen LogP contribution in [0.15, 0.2) is 12.7 Å². The molecule has 0 radical (unpaired) electrons. The lowest BCUT2D eigenvalue weighted by Gasteiger charge is -2.29. The van der Waals surface area contributed by atoms with Crippen LogP contribution in [0.25, 0.3) is 0 Å². The second-order valence-electron chi connectivity index (χ2n) is 5.58. The van der Waals surface area contributed by atoms with Gasteiger partial charge >= 0.3 is 6.03 Å². The minimum atomic E-state index is -0.0743. The first-order valence-corrected chi connectivity index (χ1v) is 8.73. The summed E-state index contributed by atoms with van der Waals surface area (Å²) in [5, 5.41) is 10.8. The summed E-state index contributed by atoms with van der Waals surface area (Å²) in [4.78, 5) is 15.9. The molecule has 3 unspecified atom stereocenters. The monoisotopic (exact) mass is 311 g/mol. The Morgan fingerprint density at radius 2 is 2.38 bits per heavy atom. The average Bonchev–Trinajstić information content (AvgIpc) is 2.91. The molecule has 2 amide bonds. The second kappa shape index (κ2) is 8.26. The van der Waals surface area contributed by atoms with Crippen molar-refractivity contribution in [2.24, 2.45) is 0 Å². The van der Waals surface area contributed by atoms with E-state index in [0.717, 1.165) is 18.6 Å². The molecular formula is C14H25N5OS. The molecule has 1 heterocycles. The molecule has 1 aliphatic rings. The Morgan fingerprint density at radius 1 is 1.52 bits per heavy atom. The van der Waals surface area contributed by atoms with Gasteiger partial charge in [-0.1, -0.05) is 13.3 Å². The van der Waals surface area contributed by atoms with Crippen molar-refractivity contribution in [1.29, 1.82) is 0 Å². The van der Waals surface area contributed by atoms with Gasteiger partial charge in [0.05, 0.1) is 6.54 Å². The van der Waals surface area contributed by atoms with Gasteiger partial charge in [0, 0.05) is 17.3 Å². The van der Waals surface area contributed by atoms with E-state index in [4.69, 9.17) is 0 Å². The number of carbonyl (C=O) groups is 1. The van der Waals surface area contributed by atoms with Crippen LogP contribution < -0.4 is 10.6 Å². The Balaban J connectivity index is 1.71. The van der Waals surface area contributed by atoms with E-state index in [2.05, 4.69) is 27.6 Å². The molecular weight excluding hydrogens is 286 g/mol. The van der Waals surface area contributed by atoms with Gasteiger partial charge < -0.3 is 10.6 Å². The van der Waals surface area contributed by atoms with E-state index in [9.17, 15) is 4.79 Å². The lowest BCUT2D eigenvalue weighted by molar-refractivity contribution is 0.228. The molecule has 6 nitrogen and oxygen atoms in total. The summed E-state index contributed by atoms with van der Waals surface area (Å²) in [5.41, 5.74) is 0. The Bertz CT molecular complexity index is 423. The van der Waals surface area contributed by atoms with Crippen LogP contribution in [0, 0.1) is 0 Å². The summed E-state index contributed by atoms with van der Waals surface area (Å²) in [7, 11) is 0. The first-order chi connectivity index (χ1) is 10.2. The molecule has 1 fully saturated rings. The summed E-state index contributed by atoms with van der Waals surface area (Å²) in [6.07, 6.45) is 7.82. The molecule has 0 bridgehead atoms. The highest BCUT2D eigenvalue weighted by molar-refractivity contribution is 7.99. The number of urea groups is 1. The van der Waals surface area contributed by atoms with Gasteiger partial charge in [-0.3, -0.25) is 4.68 Å². The van der Waals surface area contributed by atoms with Crippen LogP contribution in [-0.2, 0) is 6.54 Å². The number of aromatic nitrogens is 3. The third kappa shape index (κ3) is 5.57. The molecule has 0 aromatic carbocycles. The maximum atomic E-state index is 12.0. The van der Waals surface area contributed by atoms with Gasteiger partial charge in [-0.15, -0.1) is 0 Å². The van der Waals surface area contributed by atoms with Crippen molar-refractivity contribution in [2.45, 2.75) is 63.4 Å². The summed E-state index contributed by atoms with van der Waals surface area (Å²) in [6.45, 7) is 4.80. The van der Waals surface area contributed by atoms with Gasteiger partial charge in [-0.25, -0.2) is 9.78 Å². The fraction of sp³-hybridized carbons (Fsp3) is 0.786. The molecule has 0 aliphatic heterocycles. The smallest absolute Gasteiger partial charge is 0.315 e. The molecule has 2 rings (SSSR count). The molecule has 2 N–H and O–H groups in total. The zero-order valence-corrected chi connectivity index (χ0v) is 13.6. The summed E-state index contributed by atoms with van der Waals surface area (Å²) in [6, 6.07) is 0.257. The topological polar surface area (TPSA) is 71.8 Å². The van der Waals surface area contributed by atoms with E-state index in [-0.39, 0.29) is 12.1 Å². The average molecular weight is 311 g/mol. The van der Waals surface area contributed by atoms with Gasteiger partial charge in [0.1, 0.15) is 12.7 Å². The summed E-state index contributed by atoms with van der Waals surface area (Å²) in [5.74, 6) is 1.15. The Kier molecular flexibility index (Phi) is 6.35. The molecule has 21 heavy (non-hydrogen) atoms. The number of carbonyl (C=O) groups excluding carboxylic acids is 1. The number of nitrogens with one attached hydrogen (secondary N) is 2. The fourth-order valence-electron chi connectivity index (χ4n) is 2.77. The number of hydrogen-bond donors (Lipinski definition) is 2. The molecule has 1 aliphatic carbocycles. The van der Waals surface area contributed by atoms with Crippen molar-refractivity contribution in [3.63, 3.8) is 0 Å². The lowest BCUT2D eigenvalue weighted by Crippen LogP contribution is -2.48. The third-order valence-electron chi connectivity index (χ3n) is 3.67. The molecule has 7 heteroatoms. The van der Waals surface area contributed by atoms with Crippen LogP contribution in [0.3, 0.4) is 0 Å². The molecule has 1 aromatic heterocycles. The molecule has 1 saturated carbocycles. The van der Waals surface area contributed by atoms with Gasteiger partial charge in [-0.05, 0) is 31.9 Å². The van der Waals surface area contributed by atoms with Crippen LogP contribution in [-0.4, -0.2) is 43.9 Å². The minimum Gasteiger partial charge on any atom is -0.335 e. The highest BCUT2D eigenvalue weighted by Crippen LogP contribution is 2.28. The van der Waals surface area contributed by atoms with E-state index in [1.54, 1.807) is 11.0 Å². The highest BCUT2D eigenvalue weighted by Gasteiger charge is 2.23. The van der Waals surface area contributed by atoms with Gasteiger partial charge in [-0.2, -0.15) is 16.9 Å². The second-order valence-corrected chi connectivity index (χ2v) is 7.15. The molecule has 0 spiro atoms. The number of nitrogens with zero attached hydrogens (tertiary/aromatic N) is 3. The SMILES string of the molecule is CCSC1CCCC(NC(=O)NC(C)Cn2cncn2)C1. The van der Waals surface area contributed by atoms with E-state index >= 15 is 0 Å². The molecule has 3 atom stereocenters. The molecule has 1 aromatic rings. The van der Waals surface area contributed by atoms with E-state index in [0.29, 0.717) is 17.8 Å². The van der Waals surface area contributed by atoms with Crippen LogP contribution in [0.4, 0.5) is 4.79 Å². The van der Waals surface area contributed by atoms with Crippen molar-refractivity contribution in [3.05, 3.63) is 12.7 Å². The van der Waals surface area contributed by atoms with Crippen LogP contribution >= 0.6 is 11.8 Å². The normalized spacial score (nSPS) is 23.5. The Hall–Kier alpha value is -1.24. The number of rotatable bonds is 6. The number of hydrogen-bond acceptors (Lipinski definition) is 4. The van der Waals surface area contributed by atoms with Gasteiger partial charge in [0.15, 0.2) is 0 Å². The lowest BCUT2D eigenvalue weighted by atomic mass is 9.95. The van der Waals surface area contributed by atoms with Crippen molar-refractivity contribution in [2.75, 3.05) is 5.75 Å². The minimum absolute atomic E-state index is 0.0242. The predicted octanol–water partition coefficient (Wildman–Crippen LogP) is 2.03. The zero-order valence-electron chi connectivity index (χ0n) is 12.8. The predicted molar refractivity (Wildman–Crippen MR) is 85.3 cm³/mol. The van der Waals surface area contributed by atoms with E-state index in [1.165, 1.54) is 19.2 Å². The number of thioether (sulfide) groups is 1. The van der Waals surface area contributed by atoms with Crippen molar-refractivity contribution in [3.8, 4) is 0 Å². The van der Waals surface area contributed by atoms with Crippen molar-refractivity contribution < 1.29 is 4.79 Å². The zero-order chi connectivity index (χ0) is 15.1. The third-order valence-corrected chi connectivity index (χ3v) is 4.90. The van der Waals surface area contributed by atoms with Crippen molar-refractivity contribution in [1.82, 2.24) is 25.4 Å². The largest absolute Gasteiger partial charge is 0.335 e. The van der Waals surface area contributed by atoms with E-state index < -0.39 is 0 Å². The highest BCUT2D eigenvalue weighted by atomic mass is 32.2. The van der Waals surface area contributed by atoms with Crippen LogP contribution in [0.1, 0.15) is 39.5 Å². The Labute approximate surface area is 130 Å². The standard InChI is InChI=1S/C14H25N5OS/c1-3-21-13-6-4-5-12(7-13)18-14(20)17-11(2)8-19-10-15-9-16-19/h9-13H,3-8H2,1-2H3,(H2,17,18,20). The first kappa shape index (κ1) is 16.1. The maximum Gasteiger partial charge on any atom is 0.315 e. The van der Waals surface area contributed by atoms with Gasteiger partial charge in [0.2, 0.25) is 0 Å². The quantitative estimate of drug-likeness (QED) is 0.843. The number of amides is 2. The summed E-state index contributed by atoms with van der Waals surface area (Å²) >= 11 is 2.01. The van der Waals surface area contributed by atoms with E-state index in [1.807, 2.05) is 18.7 Å². The molecule has 118 valence electrons.